The third-order valence-corrected chi connectivity index (χ3v) is 5.77. The molecule has 0 aliphatic heterocycles. The van der Waals surface area contributed by atoms with Crippen LogP contribution in [0.25, 0.3) is 11.2 Å². The summed E-state index contributed by atoms with van der Waals surface area (Å²) in [5, 5.41) is 30.1. The van der Waals surface area contributed by atoms with Gasteiger partial charge in [-0.1, -0.05) is 28.4 Å². The number of benzene rings is 1. The molecule has 0 radical (unpaired) electrons. The molecule has 0 aliphatic carbocycles. The summed E-state index contributed by atoms with van der Waals surface area (Å²) in [6.45, 7) is 5.59. The van der Waals surface area contributed by atoms with Crippen LogP contribution in [0.3, 0.4) is 0 Å². The van der Waals surface area contributed by atoms with Gasteiger partial charge in [0.15, 0.2) is 0 Å². The maximum Gasteiger partial charge on any atom is 0.141 e. The van der Waals surface area contributed by atoms with Gasteiger partial charge in [0.05, 0.1) is 57.4 Å². The maximum absolute atomic E-state index is 11.1. The monoisotopic (exact) mass is 475 g/mol. The van der Waals surface area contributed by atoms with Crippen molar-refractivity contribution in [3.63, 3.8) is 0 Å². The zero-order valence-corrected chi connectivity index (χ0v) is 19.3. The summed E-state index contributed by atoms with van der Waals surface area (Å²) in [5.74, 6) is 0.510. The predicted molar refractivity (Wildman–Crippen MR) is 122 cm³/mol. The van der Waals surface area contributed by atoms with Crippen molar-refractivity contribution >= 4 is 28.7 Å². The van der Waals surface area contributed by atoms with Crippen LogP contribution in [0.4, 0.5) is 0 Å². The van der Waals surface area contributed by atoms with Crippen LogP contribution in [0.2, 0.25) is 10.0 Å². The third-order valence-electron chi connectivity index (χ3n) is 5.15. The lowest BCUT2D eigenvalue weighted by atomic mass is 10.1. The molecule has 10 heteroatoms. The number of hydrogen-bond acceptors (Lipinski definition) is 6. The van der Waals surface area contributed by atoms with Crippen LogP contribution < -0.4 is 4.74 Å². The number of aromatic nitrogens is 5. The molecule has 0 amide bonds. The lowest BCUT2D eigenvalue weighted by Crippen LogP contribution is -2.21. The average molecular weight is 476 g/mol. The van der Waals surface area contributed by atoms with Gasteiger partial charge in [0.2, 0.25) is 0 Å². The summed E-state index contributed by atoms with van der Waals surface area (Å²) in [5.41, 5.74) is 2.13. The molecule has 168 valence electrons. The van der Waals surface area contributed by atoms with E-state index in [1.54, 1.807) is 59.7 Å². The summed E-state index contributed by atoms with van der Waals surface area (Å²) in [7, 11) is 0. The molecular weight excluding hydrogens is 453 g/mol. The zero-order valence-electron chi connectivity index (χ0n) is 17.8. The van der Waals surface area contributed by atoms with Gasteiger partial charge in [0, 0.05) is 6.42 Å². The second-order valence-corrected chi connectivity index (χ2v) is 8.97. The Hall–Kier alpha value is -2.65. The first-order chi connectivity index (χ1) is 15.2. The van der Waals surface area contributed by atoms with Crippen molar-refractivity contribution in [3.8, 4) is 11.4 Å². The minimum Gasteiger partial charge on any atom is -0.492 e. The minimum absolute atomic E-state index is 0.335. The number of ether oxygens (including phenoxy) is 1. The topological polar surface area (TPSA) is 97.7 Å². The molecule has 0 bridgehead atoms. The van der Waals surface area contributed by atoms with E-state index in [0.29, 0.717) is 51.6 Å². The van der Waals surface area contributed by atoms with Crippen molar-refractivity contribution in [2.45, 2.75) is 38.9 Å². The molecule has 1 atom stereocenters. The fourth-order valence-electron chi connectivity index (χ4n) is 3.37. The fourth-order valence-corrected chi connectivity index (χ4v) is 3.86. The molecule has 2 N–H and O–H groups in total. The molecule has 4 aromatic rings. The van der Waals surface area contributed by atoms with Gasteiger partial charge >= 0.3 is 0 Å². The van der Waals surface area contributed by atoms with Crippen LogP contribution in [0, 0.1) is 6.92 Å². The summed E-state index contributed by atoms with van der Waals surface area (Å²) in [4.78, 5) is 4.12. The van der Waals surface area contributed by atoms with E-state index in [1.807, 2.05) is 13.0 Å². The normalized spacial score (nSPS) is 13.0. The predicted octanol–water partition coefficient (Wildman–Crippen LogP) is 4.15. The van der Waals surface area contributed by atoms with Gasteiger partial charge in [-0.3, -0.25) is 4.40 Å². The molecule has 1 aromatic carbocycles. The third kappa shape index (κ3) is 4.45. The van der Waals surface area contributed by atoms with Gasteiger partial charge in [-0.05, 0) is 51.1 Å². The Labute approximate surface area is 195 Å². The second kappa shape index (κ2) is 8.71. The molecule has 4 rings (SSSR count). The Morgan fingerprint density at radius 1 is 1.16 bits per heavy atom. The van der Waals surface area contributed by atoms with Crippen LogP contribution in [-0.2, 0) is 0 Å². The van der Waals surface area contributed by atoms with Gasteiger partial charge in [0.25, 0.3) is 0 Å². The second-order valence-electron chi connectivity index (χ2n) is 8.16. The zero-order chi connectivity index (χ0) is 23.0. The molecule has 32 heavy (non-hydrogen) atoms. The van der Waals surface area contributed by atoms with Gasteiger partial charge in [-0.2, -0.15) is 0 Å². The lowest BCUT2D eigenvalue weighted by Gasteiger charge is -2.17. The number of nitrogens with zero attached hydrogens (tertiary/aromatic N) is 5. The molecule has 3 aromatic heterocycles. The molecule has 0 aliphatic rings. The number of halogens is 2. The van der Waals surface area contributed by atoms with E-state index in [-0.39, 0.29) is 0 Å². The molecule has 0 spiro atoms. The van der Waals surface area contributed by atoms with Crippen molar-refractivity contribution in [1.29, 1.82) is 0 Å². The number of rotatable bonds is 7. The van der Waals surface area contributed by atoms with Crippen molar-refractivity contribution < 1.29 is 14.9 Å². The Balaban J connectivity index is 1.61. The largest absolute Gasteiger partial charge is 0.492 e. The maximum atomic E-state index is 11.1. The summed E-state index contributed by atoms with van der Waals surface area (Å²) in [6.07, 6.45) is 2.65. The molecule has 0 saturated heterocycles. The van der Waals surface area contributed by atoms with E-state index >= 15 is 0 Å². The van der Waals surface area contributed by atoms with Crippen LogP contribution in [0.1, 0.15) is 43.5 Å². The van der Waals surface area contributed by atoms with E-state index in [9.17, 15) is 10.2 Å². The van der Waals surface area contributed by atoms with Crippen molar-refractivity contribution in [2.75, 3.05) is 6.61 Å². The molecular formula is C22H23Cl2N5O3. The summed E-state index contributed by atoms with van der Waals surface area (Å²) < 4.78 is 9.00. The van der Waals surface area contributed by atoms with Gasteiger partial charge < -0.3 is 14.9 Å². The highest BCUT2D eigenvalue weighted by atomic mass is 35.5. The molecule has 8 nitrogen and oxygen atoms in total. The summed E-state index contributed by atoms with van der Waals surface area (Å²) >= 11 is 12.8. The van der Waals surface area contributed by atoms with Gasteiger partial charge in [-0.15, -0.1) is 5.10 Å². The highest BCUT2D eigenvalue weighted by Crippen LogP contribution is 2.32. The number of fused-ring (bicyclic) bond motifs is 1. The number of imidazole rings is 1. The van der Waals surface area contributed by atoms with Crippen LogP contribution in [0.15, 0.2) is 42.9 Å². The molecule has 1 unspecified atom stereocenters. The van der Waals surface area contributed by atoms with Crippen molar-refractivity contribution in [1.82, 2.24) is 24.4 Å². The van der Waals surface area contributed by atoms with E-state index in [1.165, 1.54) is 0 Å². The van der Waals surface area contributed by atoms with Gasteiger partial charge in [-0.25, -0.2) is 9.67 Å². The highest BCUT2D eigenvalue weighted by molar-refractivity contribution is 6.32. The van der Waals surface area contributed by atoms with Crippen molar-refractivity contribution in [2.24, 2.45) is 0 Å². The van der Waals surface area contributed by atoms with Crippen LogP contribution >= 0.6 is 23.2 Å². The van der Waals surface area contributed by atoms with Crippen LogP contribution in [-0.4, -0.2) is 46.8 Å². The standard InChI is InChI=1S/C22H23Cl2N5O3/c1-13-19(21(30)20-16(23)6-4-15-11-25-12-28(15)20)26-27-29(13)14-5-7-18(17(24)10-14)32-9-8-22(2,3)31/h4-7,10-12,21,30-31H,8-9H2,1-3H3. The highest BCUT2D eigenvalue weighted by Gasteiger charge is 2.24. The first-order valence-electron chi connectivity index (χ1n) is 10.0. The van der Waals surface area contributed by atoms with Crippen molar-refractivity contribution in [3.05, 3.63) is 70.0 Å². The summed E-state index contributed by atoms with van der Waals surface area (Å²) in [6, 6.07) is 8.78. The smallest absolute Gasteiger partial charge is 0.141 e. The Bertz CT molecular complexity index is 1260. The van der Waals surface area contributed by atoms with E-state index < -0.39 is 11.7 Å². The SMILES string of the molecule is Cc1c(C(O)c2c(Cl)ccc3cncn23)nnn1-c1ccc(OCCC(C)(C)O)c(Cl)c1. The average Bonchev–Trinajstić information content (AvgIpc) is 3.34. The first-order valence-corrected chi connectivity index (χ1v) is 10.8. The Kier molecular flexibility index (Phi) is 6.13. The number of aliphatic hydroxyl groups is 2. The number of pyridine rings is 1. The van der Waals surface area contributed by atoms with Crippen LogP contribution in [0.5, 0.6) is 5.75 Å². The van der Waals surface area contributed by atoms with E-state index in [0.717, 1.165) is 5.52 Å². The Morgan fingerprint density at radius 2 is 1.94 bits per heavy atom. The van der Waals surface area contributed by atoms with E-state index in [2.05, 4.69) is 15.3 Å². The fraction of sp³-hybridized carbons (Fsp3) is 0.318. The van der Waals surface area contributed by atoms with E-state index in [4.69, 9.17) is 27.9 Å². The molecule has 3 heterocycles. The number of aliphatic hydroxyl groups excluding tert-OH is 1. The number of hydrogen-bond donors (Lipinski definition) is 2. The Morgan fingerprint density at radius 3 is 2.66 bits per heavy atom. The molecule has 0 saturated carbocycles. The molecule has 0 fully saturated rings. The lowest BCUT2D eigenvalue weighted by molar-refractivity contribution is 0.0553. The first kappa shape index (κ1) is 22.5. The quantitative estimate of drug-likeness (QED) is 0.416. The van der Waals surface area contributed by atoms with Gasteiger partial charge in [0.1, 0.15) is 17.5 Å². The minimum atomic E-state index is -1.10.